The molecule has 1 aromatic carbocycles. The van der Waals surface area contributed by atoms with Crippen LogP contribution < -0.4 is 10.5 Å². The number of benzene rings is 1. The van der Waals surface area contributed by atoms with Gasteiger partial charge in [0.1, 0.15) is 16.5 Å². The SMILES string of the molecule is N[C@]1(Cl)C=CC(Oc2ccccc2)=CC1. The number of para-hydroxylation sites is 1. The van der Waals surface area contributed by atoms with Crippen LogP contribution in [0.4, 0.5) is 0 Å². The second-order valence-electron chi connectivity index (χ2n) is 3.49. The summed E-state index contributed by atoms with van der Waals surface area (Å²) in [5.41, 5.74) is 5.71. The van der Waals surface area contributed by atoms with Gasteiger partial charge in [0.25, 0.3) is 0 Å². The Labute approximate surface area is 94.0 Å². The van der Waals surface area contributed by atoms with Crippen LogP contribution in [0.15, 0.2) is 54.3 Å². The lowest BCUT2D eigenvalue weighted by Gasteiger charge is -2.20. The van der Waals surface area contributed by atoms with Crippen molar-refractivity contribution < 1.29 is 4.74 Å². The van der Waals surface area contributed by atoms with Gasteiger partial charge in [-0.05, 0) is 30.4 Å². The Bertz CT molecular complexity index is 395. The average Bonchev–Trinajstić information content (AvgIpc) is 2.23. The standard InChI is InChI=1S/C12H12ClNO/c13-12(14)8-6-11(7-9-12)15-10-4-2-1-3-5-10/h1-8H,9,14H2/t12-/m1/s1. The Kier molecular flexibility index (Phi) is 2.80. The van der Waals surface area contributed by atoms with E-state index in [1.165, 1.54) is 0 Å². The minimum absolute atomic E-state index is 0.577. The Hall–Kier alpha value is -1.25. The van der Waals surface area contributed by atoms with Gasteiger partial charge in [-0.3, -0.25) is 0 Å². The lowest BCUT2D eigenvalue weighted by molar-refractivity contribution is 0.435. The summed E-state index contributed by atoms with van der Waals surface area (Å²) in [6, 6.07) is 9.61. The minimum atomic E-state index is -0.760. The first-order valence-corrected chi connectivity index (χ1v) is 5.14. The molecule has 3 heteroatoms. The third-order valence-corrected chi connectivity index (χ3v) is 2.40. The van der Waals surface area contributed by atoms with Crippen molar-refractivity contribution in [3.63, 3.8) is 0 Å². The monoisotopic (exact) mass is 221 g/mol. The third kappa shape index (κ3) is 2.85. The fourth-order valence-corrected chi connectivity index (χ4v) is 1.45. The molecule has 0 aliphatic heterocycles. The maximum atomic E-state index is 5.93. The van der Waals surface area contributed by atoms with Crippen LogP contribution in [0, 0.1) is 0 Å². The molecule has 2 rings (SSSR count). The minimum Gasteiger partial charge on any atom is -0.458 e. The van der Waals surface area contributed by atoms with Gasteiger partial charge in [-0.1, -0.05) is 29.8 Å². The normalized spacial score (nSPS) is 24.8. The molecule has 15 heavy (non-hydrogen) atoms. The van der Waals surface area contributed by atoms with Crippen molar-refractivity contribution in [1.82, 2.24) is 0 Å². The summed E-state index contributed by atoms with van der Waals surface area (Å²) < 4.78 is 5.61. The van der Waals surface area contributed by atoms with Crippen LogP contribution in [0.3, 0.4) is 0 Å². The fraction of sp³-hybridized carbons (Fsp3) is 0.167. The van der Waals surface area contributed by atoms with Crippen LogP contribution in [-0.2, 0) is 0 Å². The molecule has 0 amide bonds. The average molecular weight is 222 g/mol. The van der Waals surface area contributed by atoms with E-state index < -0.39 is 5.00 Å². The van der Waals surface area contributed by atoms with Crippen LogP contribution in [0.5, 0.6) is 5.75 Å². The van der Waals surface area contributed by atoms with Gasteiger partial charge >= 0.3 is 0 Å². The lowest BCUT2D eigenvalue weighted by atomic mass is 10.1. The van der Waals surface area contributed by atoms with E-state index in [2.05, 4.69) is 0 Å². The zero-order valence-corrected chi connectivity index (χ0v) is 8.95. The highest BCUT2D eigenvalue weighted by molar-refractivity contribution is 6.25. The van der Waals surface area contributed by atoms with Crippen LogP contribution in [0.25, 0.3) is 0 Å². The predicted octanol–water partition coefficient (Wildman–Crippen LogP) is 2.80. The van der Waals surface area contributed by atoms with Crippen LogP contribution in [-0.4, -0.2) is 5.00 Å². The molecule has 0 heterocycles. The lowest BCUT2D eigenvalue weighted by Crippen LogP contribution is -2.31. The zero-order valence-electron chi connectivity index (χ0n) is 8.19. The first kappa shape index (κ1) is 10.3. The van der Waals surface area contributed by atoms with Gasteiger partial charge in [-0.2, -0.15) is 0 Å². The molecule has 0 spiro atoms. The van der Waals surface area contributed by atoms with Gasteiger partial charge in [0.05, 0.1) is 0 Å². The molecule has 1 aliphatic carbocycles. The topological polar surface area (TPSA) is 35.2 Å². The molecule has 0 fully saturated rings. The number of hydrogen-bond donors (Lipinski definition) is 1. The van der Waals surface area contributed by atoms with E-state index in [1.54, 1.807) is 12.2 Å². The highest BCUT2D eigenvalue weighted by Crippen LogP contribution is 2.24. The van der Waals surface area contributed by atoms with Gasteiger partial charge in [-0.25, -0.2) is 0 Å². The van der Waals surface area contributed by atoms with Crippen molar-refractivity contribution >= 4 is 11.6 Å². The van der Waals surface area contributed by atoms with E-state index in [4.69, 9.17) is 22.1 Å². The molecule has 1 aliphatic rings. The molecule has 2 N–H and O–H groups in total. The number of ether oxygens (including phenoxy) is 1. The second-order valence-corrected chi connectivity index (χ2v) is 4.19. The summed E-state index contributed by atoms with van der Waals surface area (Å²) >= 11 is 5.93. The van der Waals surface area contributed by atoms with E-state index in [9.17, 15) is 0 Å². The summed E-state index contributed by atoms with van der Waals surface area (Å²) in [5, 5.41) is 0. The molecule has 1 aromatic rings. The Balaban J connectivity index is 2.04. The number of hydrogen-bond acceptors (Lipinski definition) is 2. The fourth-order valence-electron chi connectivity index (χ4n) is 1.31. The molecular weight excluding hydrogens is 210 g/mol. The van der Waals surface area contributed by atoms with Gasteiger partial charge in [0.15, 0.2) is 0 Å². The van der Waals surface area contributed by atoms with Crippen molar-refractivity contribution in [3.05, 3.63) is 54.3 Å². The first-order chi connectivity index (χ1) is 7.16. The molecule has 2 nitrogen and oxygen atoms in total. The molecule has 0 saturated heterocycles. The van der Waals surface area contributed by atoms with Gasteiger partial charge < -0.3 is 10.5 Å². The first-order valence-electron chi connectivity index (χ1n) is 4.76. The number of nitrogens with two attached hydrogens (primary N) is 1. The summed E-state index contributed by atoms with van der Waals surface area (Å²) in [4.78, 5) is -0.760. The predicted molar refractivity (Wildman–Crippen MR) is 61.7 cm³/mol. The summed E-state index contributed by atoms with van der Waals surface area (Å²) in [6.45, 7) is 0. The largest absolute Gasteiger partial charge is 0.458 e. The van der Waals surface area contributed by atoms with E-state index >= 15 is 0 Å². The number of rotatable bonds is 2. The zero-order chi connectivity index (χ0) is 10.7. The van der Waals surface area contributed by atoms with E-state index in [-0.39, 0.29) is 0 Å². The van der Waals surface area contributed by atoms with Crippen LogP contribution in [0.2, 0.25) is 0 Å². The number of alkyl halides is 1. The highest BCUT2D eigenvalue weighted by atomic mass is 35.5. The molecule has 0 aromatic heterocycles. The van der Waals surface area contributed by atoms with Crippen molar-refractivity contribution in [1.29, 1.82) is 0 Å². The smallest absolute Gasteiger partial charge is 0.127 e. The summed E-state index contributed by atoms with van der Waals surface area (Å²) in [7, 11) is 0. The van der Waals surface area contributed by atoms with Crippen molar-refractivity contribution in [2.24, 2.45) is 5.73 Å². The van der Waals surface area contributed by atoms with Crippen LogP contribution in [0.1, 0.15) is 6.42 Å². The van der Waals surface area contributed by atoms with Crippen molar-refractivity contribution in [3.8, 4) is 5.75 Å². The molecule has 0 unspecified atom stereocenters. The van der Waals surface area contributed by atoms with E-state index in [1.807, 2.05) is 36.4 Å². The van der Waals surface area contributed by atoms with E-state index in [0.717, 1.165) is 11.5 Å². The van der Waals surface area contributed by atoms with Crippen molar-refractivity contribution in [2.75, 3.05) is 0 Å². The van der Waals surface area contributed by atoms with E-state index in [0.29, 0.717) is 6.42 Å². The van der Waals surface area contributed by atoms with Gasteiger partial charge in [0, 0.05) is 6.42 Å². The molecule has 0 bridgehead atoms. The highest BCUT2D eigenvalue weighted by Gasteiger charge is 2.19. The number of halogens is 1. The molecule has 1 atom stereocenters. The van der Waals surface area contributed by atoms with Crippen molar-refractivity contribution in [2.45, 2.75) is 11.4 Å². The summed E-state index contributed by atoms with van der Waals surface area (Å²) in [5.74, 6) is 1.59. The second kappa shape index (κ2) is 4.09. The number of allylic oxidation sites excluding steroid dienone is 1. The molecule has 0 radical (unpaired) electrons. The Morgan fingerprint density at radius 3 is 2.60 bits per heavy atom. The quantitative estimate of drug-likeness (QED) is 0.616. The molecular formula is C12H12ClNO. The third-order valence-electron chi connectivity index (χ3n) is 2.12. The Morgan fingerprint density at radius 2 is 2.00 bits per heavy atom. The molecule has 0 saturated carbocycles. The van der Waals surface area contributed by atoms with Gasteiger partial charge in [-0.15, -0.1) is 0 Å². The Morgan fingerprint density at radius 1 is 1.27 bits per heavy atom. The summed E-state index contributed by atoms with van der Waals surface area (Å²) in [6.07, 6.45) is 6.00. The molecule has 78 valence electrons. The van der Waals surface area contributed by atoms with Crippen LogP contribution >= 0.6 is 11.6 Å². The maximum Gasteiger partial charge on any atom is 0.127 e. The van der Waals surface area contributed by atoms with Gasteiger partial charge in [0.2, 0.25) is 0 Å². The maximum absolute atomic E-state index is 5.93.